The zero-order valence-electron chi connectivity index (χ0n) is 12.6. The molecule has 0 unspecified atom stereocenters. The molecular weight excluding hydrogens is 222 g/mol. The van der Waals surface area contributed by atoms with Gasteiger partial charge in [0.15, 0.2) is 0 Å². The molecule has 0 saturated heterocycles. The minimum atomic E-state index is 0.750. The molecule has 4 N–H and O–H groups in total. The summed E-state index contributed by atoms with van der Waals surface area (Å²) in [4.78, 5) is 3.25. The molecule has 0 radical (unpaired) electrons. The fourth-order valence-corrected chi connectivity index (χ4v) is 1.97. The number of hydrogen-bond acceptors (Lipinski definition) is 0. The molecule has 0 heterocycles. The lowest BCUT2D eigenvalue weighted by molar-refractivity contribution is -0.461. The Bertz CT molecular complexity index is 190. The lowest BCUT2D eigenvalue weighted by atomic mass is 10.1. The van der Waals surface area contributed by atoms with E-state index in [2.05, 4.69) is 24.2 Å². The fraction of sp³-hybridized carbons (Fsp3) is 0.933. The maximum atomic E-state index is 5.85. The molecule has 0 aromatic heterocycles. The number of unbranched alkanes of at least 4 members (excludes halogenated alkanes) is 8. The monoisotopic (exact) mass is 256 g/mol. The van der Waals surface area contributed by atoms with Crippen LogP contribution >= 0.6 is 0 Å². The molecule has 0 fully saturated rings. The number of rotatable bonds is 12. The summed E-state index contributed by atoms with van der Waals surface area (Å²) in [6.07, 6.45) is 13.1. The van der Waals surface area contributed by atoms with Crippen LogP contribution in [-0.4, -0.2) is 19.0 Å². The molecule has 0 aliphatic carbocycles. The van der Waals surface area contributed by atoms with Crippen molar-refractivity contribution in [1.82, 2.24) is 5.32 Å². The first-order valence-corrected chi connectivity index (χ1v) is 7.91. The van der Waals surface area contributed by atoms with Crippen molar-refractivity contribution >= 4 is 5.96 Å². The van der Waals surface area contributed by atoms with Gasteiger partial charge in [0.25, 0.3) is 0 Å². The van der Waals surface area contributed by atoms with Gasteiger partial charge in [-0.15, -0.1) is 0 Å². The van der Waals surface area contributed by atoms with Crippen molar-refractivity contribution < 1.29 is 4.99 Å². The molecule has 0 atom stereocenters. The van der Waals surface area contributed by atoms with Crippen molar-refractivity contribution in [2.75, 3.05) is 13.1 Å². The molecule has 3 heteroatoms. The molecule has 0 rings (SSSR count). The molecule has 0 aliphatic rings. The van der Waals surface area contributed by atoms with E-state index in [1.807, 2.05) is 0 Å². The third-order valence-corrected chi connectivity index (χ3v) is 3.19. The van der Waals surface area contributed by atoms with Crippen LogP contribution in [0.25, 0.3) is 0 Å². The van der Waals surface area contributed by atoms with Crippen molar-refractivity contribution in [2.24, 2.45) is 5.73 Å². The van der Waals surface area contributed by atoms with Gasteiger partial charge < -0.3 is 0 Å². The molecule has 0 aromatic carbocycles. The van der Waals surface area contributed by atoms with Gasteiger partial charge in [-0.2, -0.15) is 0 Å². The third-order valence-electron chi connectivity index (χ3n) is 3.19. The molecule has 0 bridgehead atoms. The number of guanidine groups is 1. The first kappa shape index (κ1) is 17.3. The standard InChI is InChI=1S/C15H33N3/c1-3-5-7-9-10-12-14-18-15(16)17-13-11-8-6-4-2/h3-14H2,1-2H3,(H3,16,17,18)/p+1. The van der Waals surface area contributed by atoms with Gasteiger partial charge in [-0.05, 0) is 12.8 Å². The van der Waals surface area contributed by atoms with Crippen LogP contribution in [0.1, 0.15) is 78.1 Å². The molecule has 0 amide bonds. The zero-order valence-corrected chi connectivity index (χ0v) is 12.6. The Hall–Kier alpha value is -0.730. The Labute approximate surface area is 114 Å². The van der Waals surface area contributed by atoms with Crippen molar-refractivity contribution in [3.05, 3.63) is 0 Å². The number of hydrogen-bond donors (Lipinski definition) is 3. The van der Waals surface area contributed by atoms with E-state index in [0.717, 1.165) is 19.0 Å². The second-order valence-electron chi connectivity index (χ2n) is 5.10. The maximum Gasteiger partial charge on any atom is 0.341 e. The van der Waals surface area contributed by atoms with Gasteiger partial charge in [-0.1, -0.05) is 65.2 Å². The fourth-order valence-electron chi connectivity index (χ4n) is 1.97. The number of nitrogens with two attached hydrogens (primary N) is 1. The molecule has 0 spiro atoms. The van der Waals surface area contributed by atoms with E-state index >= 15 is 0 Å². The highest BCUT2D eigenvalue weighted by atomic mass is 15.1. The SMILES string of the molecule is CCCCCCCC[NH+]=C(N)NCCCCCC. The normalized spacial score (nSPS) is 11.8. The van der Waals surface area contributed by atoms with E-state index in [1.165, 1.54) is 64.2 Å². The summed E-state index contributed by atoms with van der Waals surface area (Å²) >= 11 is 0. The molecular formula is C15H34N3+. The predicted octanol–water partition coefficient (Wildman–Crippen LogP) is 1.91. The third kappa shape index (κ3) is 13.3. The lowest BCUT2D eigenvalue weighted by Crippen LogP contribution is -2.78. The Morgan fingerprint density at radius 3 is 2.06 bits per heavy atom. The Balaban J connectivity index is 3.25. The second kappa shape index (κ2) is 14.3. The van der Waals surface area contributed by atoms with E-state index in [-0.39, 0.29) is 0 Å². The summed E-state index contributed by atoms with van der Waals surface area (Å²) in [6, 6.07) is 0. The van der Waals surface area contributed by atoms with E-state index in [9.17, 15) is 0 Å². The first-order chi connectivity index (χ1) is 8.81. The summed E-state index contributed by atoms with van der Waals surface area (Å²) in [5.41, 5.74) is 5.85. The summed E-state index contributed by atoms with van der Waals surface area (Å²) in [5.74, 6) is 0.750. The van der Waals surface area contributed by atoms with Gasteiger partial charge in [0.2, 0.25) is 0 Å². The Morgan fingerprint density at radius 2 is 1.39 bits per heavy atom. The first-order valence-electron chi connectivity index (χ1n) is 7.91. The average Bonchev–Trinajstić information content (AvgIpc) is 2.37. The van der Waals surface area contributed by atoms with Crippen molar-refractivity contribution in [3.63, 3.8) is 0 Å². The van der Waals surface area contributed by atoms with E-state index in [1.54, 1.807) is 0 Å². The smallest absolute Gasteiger partial charge is 0.291 e. The van der Waals surface area contributed by atoms with Crippen LogP contribution in [0.3, 0.4) is 0 Å². The molecule has 0 aliphatic heterocycles. The molecule has 0 saturated carbocycles. The Kier molecular flexibility index (Phi) is 13.8. The predicted molar refractivity (Wildman–Crippen MR) is 80.5 cm³/mol. The molecule has 0 aromatic rings. The van der Waals surface area contributed by atoms with Gasteiger partial charge in [-0.25, -0.2) is 0 Å². The van der Waals surface area contributed by atoms with Gasteiger partial charge >= 0.3 is 5.96 Å². The number of nitrogens with one attached hydrogen (secondary N) is 2. The highest BCUT2D eigenvalue weighted by Gasteiger charge is 1.97. The highest BCUT2D eigenvalue weighted by molar-refractivity contribution is 5.71. The highest BCUT2D eigenvalue weighted by Crippen LogP contribution is 2.03. The van der Waals surface area contributed by atoms with Crippen LogP contribution in [0.15, 0.2) is 0 Å². The van der Waals surface area contributed by atoms with Crippen LogP contribution in [0.5, 0.6) is 0 Å². The minimum absolute atomic E-state index is 0.750. The summed E-state index contributed by atoms with van der Waals surface area (Å²) < 4.78 is 0. The van der Waals surface area contributed by atoms with Crippen LogP contribution in [0.2, 0.25) is 0 Å². The van der Waals surface area contributed by atoms with Crippen molar-refractivity contribution in [1.29, 1.82) is 0 Å². The molecule has 3 nitrogen and oxygen atoms in total. The van der Waals surface area contributed by atoms with Gasteiger partial charge in [-0.3, -0.25) is 16.0 Å². The molecule has 18 heavy (non-hydrogen) atoms. The van der Waals surface area contributed by atoms with Gasteiger partial charge in [0.1, 0.15) is 0 Å². The van der Waals surface area contributed by atoms with Crippen LogP contribution in [-0.2, 0) is 0 Å². The van der Waals surface area contributed by atoms with Crippen molar-refractivity contribution in [3.8, 4) is 0 Å². The summed E-state index contributed by atoms with van der Waals surface area (Å²) in [7, 11) is 0. The van der Waals surface area contributed by atoms with E-state index < -0.39 is 0 Å². The average molecular weight is 256 g/mol. The largest absolute Gasteiger partial charge is 0.341 e. The zero-order chi connectivity index (χ0) is 13.5. The van der Waals surface area contributed by atoms with E-state index in [0.29, 0.717) is 0 Å². The van der Waals surface area contributed by atoms with E-state index in [4.69, 9.17) is 5.73 Å². The van der Waals surface area contributed by atoms with Gasteiger partial charge in [0, 0.05) is 0 Å². The van der Waals surface area contributed by atoms with Crippen LogP contribution in [0.4, 0.5) is 0 Å². The topological polar surface area (TPSA) is 52.0 Å². The summed E-state index contributed by atoms with van der Waals surface area (Å²) in [5, 5.41) is 3.24. The summed E-state index contributed by atoms with van der Waals surface area (Å²) in [6.45, 7) is 6.48. The van der Waals surface area contributed by atoms with Crippen molar-refractivity contribution in [2.45, 2.75) is 78.1 Å². The quantitative estimate of drug-likeness (QED) is 0.284. The molecule has 108 valence electrons. The van der Waals surface area contributed by atoms with Crippen LogP contribution < -0.4 is 16.0 Å². The lowest BCUT2D eigenvalue weighted by Gasteiger charge is -2.00. The Morgan fingerprint density at radius 1 is 0.833 bits per heavy atom. The maximum absolute atomic E-state index is 5.85. The van der Waals surface area contributed by atoms with Crippen LogP contribution in [0, 0.1) is 0 Å². The minimum Gasteiger partial charge on any atom is -0.291 e. The second-order valence-corrected chi connectivity index (χ2v) is 5.10. The van der Waals surface area contributed by atoms with Gasteiger partial charge in [0.05, 0.1) is 13.1 Å².